The highest BCUT2D eigenvalue weighted by atomic mass is 15.2. The maximum atomic E-state index is 10.3. The monoisotopic (exact) mass is 1560 g/mol. The van der Waals surface area contributed by atoms with Crippen molar-refractivity contribution >= 4 is 140 Å². The van der Waals surface area contributed by atoms with Gasteiger partial charge in [-0.3, -0.25) is 0 Å². The van der Waals surface area contributed by atoms with Gasteiger partial charge in [0.1, 0.15) is 0 Å². The van der Waals surface area contributed by atoms with Crippen molar-refractivity contribution in [1.82, 2.24) is 13.7 Å². The third kappa shape index (κ3) is 12.1. The van der Waals surface area contributed by atoms with Crippen LogP contribution in [-0.4, -0.2) is 20.4 Å². The first-order valence-corrected chi connectivity index (χ1v) is 41.9. The van der Waals surface area contributed by atoms with Gasteiger partial charge in [0, 0.05) is 100 Å². The third-order valence-electron chi connectivity index (χ3n) is 25.0. The van der Waals surface area contributed by atoms with Gasteiger partial charge in [-0.05, 0) is 234 Å². The minimum atomic E-state index is -0.588. The number of para-hydroxylation sites is 5. The van der Waals surface area contributed by atoms with Crippen LogP contribution in [0.3, 0.4) is 0 Å². The number of aromatic nitrogens is 3. The van der Waals surface area contributed by atoms with Crippen LogP contribution in [0.5, 0.6) is 0 Å². The number of benzene rings is 17. The van der Waals surface area contributed by atoms with Crippen molar-refractivity contribution < 1.29 is 11.0 Å². The normalized spacial score (nSPS) is 13.7. The molecule has 0 saturated heterocycles. The standard InChI is InChI=1S/C114H91BN6/c1-112(2,3)80-51-61-104-96(66-80)97-67-81(113(4,5)6)52-62-105(97)118(104)87-58-60-99-107(71-87)121(111-94(76-37-19-12-20-38-76)68-82(114(7,8)9)69-95(111)77-39-21-13-22-40-77)109-73-89(119-102-49-31-27-45-92(102)93-46-28-32-50-103(93)119)72-108-110(109)115(99)98-59-57-86(70-106(98)120(108)88-64-78(74-33-15-10-16-34-74)63-79(65-88)75-35-17-11-18-36-75)116(83-41-23-14-24-42-83)84-53-55-85(56-54-84)117-100-47-29-25-43-90(100)91-44-26-30-48-101(91)117/h10-73H,1-9H3/i27D,28D,31D,32D,45D,46D,49D,50D. The number of nitrogens with zero attached hydrogens (tertiary/aromatic N) is 6. The molecule has 0 fully saturated rings. The Labute approximate surface area is 719 Å². The van der Waals surface area contributed by atoms with Crippen molar-refractivity contribution in [3.05, 3.63) is 405 Å². The fourth-order valence-electron chi connectivity index (χ4n) is 19.1. The number of anilines is 9. The van der Waals surface area contributed by atoms with Crippen LogP contribution in [0.25, 0.3) is 127 Å². The molecule has 22 rings (SSSR count). The number of rotatable bonds is 12. The first-order chi connectivity index (χ1) is 62.2. The van der Waals surface area contributed by atoms with Gasteiger partial charge >= 0.3 is 0 Å². The molecule has 7 heteroatoms. The molecule has 20 aromatic rings. The highest BCUT2D eigenvalue weighted by Gasteiger charge is 2.46. The number of hydrogen-bond donors (Lipinski definition) is 0. The van der Waals surface area contributed by atoms with Crippen LogP contribution in [0.4, 0.5) is 51.2 Å². The zero-order valence-corrected chi connectivity index (χ0v) is 69.1. The second-order valence-electron chi connectivity index (χ2n) is 35.5. The average Bonchev–Trinajstić information content (AvgIpc) is 1.41. The van der Waals surface area contributed by atoms with Crippen molar-refractivity contribution in [1.29, 1.82) is 0 Å². The summed E-state index contributed by atoms with van der Waals surface area (Å²) in [5, 5.41) is 4.58. The summed E-state index contributed by atoms with van der Waals surface area (Å²) in [5.41, 5.74) is 27.6. The van der Waals surface area contributed by atoms with Crippen molar-refractivity contribution in [2.45, 2.75) is 78.6 Å². The number of fused-ring (bicyclic) bond motifs is 13. The van der Waals surface area contributed by atoms with E-state index in [0.29, 0.717) is 11.4 Å². The summed E-state index contributed by atoms with van der Waals surface area (Å²) in [5.74, 6) is 0. The number of hydrogen-bond acceptors (Lipinski definition) is 3. The van der Waals surface area contributed by atoms with E-state index in [1.165, 1.54) is 21.9 Å². The molecule has 0 N–H and O–H groups in total. The van der Waals surface area contributed by atoms with Crippen LogP contribution in [0.15, 0.2) is 388 Å². The van der Waals surface area contributed by atoms with Crippen molar-refractivity contribution in [2.24, 2.45) is 0 Å². The molecule has 17 aromatic carbocycles. The maximum Gasteiger partial charge on any atom is 0.252 e. The first kappa shape index (κ1) is 64.7. The second-order valence-corrected chi connectivity index (χ2v) is 35.5. The maximum absolute atomic E-state index is 10.3. The third-order valence-corrected chi connectivity index (χ3v) is 25.0. The Hall–Kier alpha value is -14.4. The summed E-state index contributed by atoms with van der Waals surface area (Å²) >= 11 is 0. The summed E-state index contributed by atoms with van der Waals surface area (Å²) in [6.45, 7) is 19.9. The van der Waals surface area contributed by atoms with Gasteiger partial charge in [-0.1, -0.05) is 299 Å². The molecule has 121 heavy (non-hydrogen) atoms. The summed E-state index contributed by atoms with van der Waals surface area (Å²) in [4.78, 5) is 7.21. The Balaban J connectivity index is 0.922. The lowest BCUT2D eigenvalue weighted by Crippen LogP contribution is -2.61. The van der Waals surface area contributed by atoms with E-state index in [1.807, 2.05) is 12.1 Å². The Morgan fingerprint density at radius 1 is 0.256 bits per heavy atom. The highest BCUT2D eigenvalue weighted by molar-refractivity contribution is 7.00. The summed E-state index contributed by atoms with van der Waals surface area (Å²) in [7, 11) is 0. The highest BCUT2D eigenvalue weighted by Crippen LogP contribution is 2.55. The zero-order chi connectivity index (χ0) is 88.7. The van der Waals surface area contributed by atoms with E-state index in [1.54, 1.807) is 4.57 Å². The van der Waals surface area contributed by atoms with E-state index in [2.05, 4.69) is 414 Å². The quantitative estimate of drug-likeness (QED) is 0.114. The van der Waals surface area contributed by atoms with Gasteiger partial charge < -0.3 is 28.4 Å². The fraction of sp³-hybridized carbons (Fsp3) is 0.105. The molecule has 6 nitrogen and oxygen atoms in total. The minimum Gasteiger partial charge on any atom is -0.311 e. The SMILES string of the molecule is [2H]c1c([2H])c([2H])c2c(c1[2H])c1c([2H])c([2H])c([2H])c([2H])c1n2-c1cc2c3c(c1)N(c1c(-c4ccccc4)cc(C(C)(C)C)cc1-c1ccccc1)c1cc(-n4c5ccc(C(C)(C)C)cc5c5cc(C(C)(C)C)ccc54)ccc1B3c1ccc(N(c3ccccc3)c3ccc(-n4c5ccccc5c5ccccc54)cc3)cc1N2c1cc(-c2ccccc2)cc(-c2ccccc2)c1. The van der Waals surface area contributed by atoms with Gasteiger partial charge in [0.15, 0.2) is 0 Å². The van der Waals surface area contributed by atoms with Crippen LogP contribution < -0.4 is 31.1 Å². The van der Waals surface area contributed by atoms with Gasteiger partial charge in [0.25, 0.3) is 6.71 Å². The van der Waals surface area contributed by atoms with E-state index in [9.17, 15) is 11.0 Å². The largest absolute Gasteiger partial charge is 0.311 e. The molecule has 0 atom stereocenters. The molecule has 5 heterocycles. The van der Waals surface area contributed by atoms with E-state index < -0.39 is 55.1 Å². The van der Waals surface area contributed by atoms with Gasteiger partial charge in [0.2, 0.25) is 0 Å². The van der Waals surface area contributed by atoms with Gasteiger partial charge in [0.05, 0.1) is 55.4 Å². The summed E-state index contributed by atoms with van der Waals surface area (Å²) in [6.07, 6.45) is 0. The molecule has 0 amide bonds. The van der Waals surface area contributed by atoms with Crippen LogP contribution in [0.1, 0.15) is 90.0 Å². The molecule has 0 radical (unpaired) electrons. The zero-order valence-electron chi connectivity index (χ0n) is 77.1. The smallest absolute Gasteiger partial charge is 0.252 e. The fourth-order valence-corrected chi connectivity index (χ4v) is 19.1. The lowest BCUT2D eigenvalue weighted by atomic mass is 9.33. The van der Waals surface area contributed by atoms with Crippen LogP contribution in [0.2, 0.25) is 0 Å². The molecule has 0 saturated carbocycles. The topological polar surface area (TPSA) is 24.5 Å². The molecular weight excluding hydrogens is 1460 g/mol. The van der Waals surface area contributed by atoms with Gasteiger partial charge in [-0.15, -0.1) is 0 Å². The Morgan fingerprint density at radius 2 is 0.653 bits per heavy atom. The van der Waals surface area contributed by atoms with E-state index in [4.69, 9.17) is 0 Å². The molecule has 580 valence electrons. The van der Waals surface area contributed by atoms with Gasteiger partial charge in [-0.2, -0.15) is 0 Å². The van der Waals surface area contributed by atoms with E-state index in [-0.39, 0.29) is 38.1 Å². The summed E-state index contributed by atoms with van der Waals surface area (Å²) in [6, 6.07) is 119. The molecule has 0 aliphatic carbocycles. The van der Waals surface area contributed by atoms with Crippen molar-refractivity contribution in [3.63, 3.8) is 0 Å². The predicted octanol–water partition coefficient (Wildman–Crippen LogP) is 29.1. The Morgan fingerprint density at radius 3 is 1.17 bits per heavy atom. The molecule has 0 spiro atoms. The molecule has 2 aliphatic heterocycles. The van der Waals surface area contributed by atoms with E-state index in [0.717, 1.165) is 156 Å². The molecular formula is C114H91BN6. The lowest BCUT2D eigenvalue weighted by Gasteiger charge is -2.46. The van der Waals surface area contributed by atoms with Crippen molar-refractivity contribution in [2.75, 3.05) is 14.7 Å². The van der Waals surface area contributed by atoms with Gasteiger partial charge in [-0.25, -0.2) is 0 Å². The van der Waals surface area contributed by atoms with Crippen LogP contribution in [-0.2, 0) is 16.2 Å². The van der Waals surface area contributed by atoms with Crippen LogP contribution in [0, 0.1) is 0 Å². The second kappa shape index (κ2) is 28.2. The first-order valence-electron chi connectivity index (χ1n) is 45.9. The Bertz CT molecular complexity index is 7710. The molecule has 0 unspecified atom stereocenters. The molecule has 3 aromatic heterocycles. The molecule has 2 aliphatic rings. The summed E-state index contributed by atoms with van der Waals surface area (Å²) < 4.78 is 85.5. The van der Waals surface area contributed by atoms with Crippen LogP contribution >= 0.6 is 0 Å². The van der Waals surface area contributed by atoms with Crippen molar-refractivity contribution in [3.8, 4) is 61.6 Å². The van der Waals surface area contributed by atoms with E-state index >= 15 is 0 Å². The average molecular weight is 1560 g/mol. The minimum absolute atomic E-state index is 0.00183. The lowest BCUT2D eigenvalue weighted by molar-refractivity contribution is 0.590. The molecule has 0 bridgehead atoms. The Kier molecular flexibility index (Phi) is 15.0. The predicted molar refractivity (Wildman–Crippen MR) is 516 cm³/mol.